The molecular formula is C25H20ClF3N4O5S. The fourth-order valence-corrected chi connectivity index (χ4v) is 5.86. The first-order valence-electron chi connectivity index (χ1n) is 11.3. The van der Waals surface area contributed by atoms with E-state index in [4.69, 9.17) is 27.2 Å². The number of alkyl halides is 3. The number of halogens is 4. The van der Waals surface area contributed by atoms with Crippen LogP contribution in [0.15, 0.2) is 76.4 Å². The van der Waals surface area contributed by atoms with Gasteiger partial charge in [-0.2, -0.15) is 18.2 Å². The molecule has 5 rings (SSSR count). The minimum atomic E-state index is -5.08. The number of benzene rings is 3. The summed E-state index contributed by atoms with van der Waals surface area (Å²) in [6, 6.07) is 18.7. The number of rotatable bonds is 3. The molecule has 0 saturated heterocycles. The van der Waals surface area contributed by atoms with Crippen LogP contribution in [-0.4, -0.2) is 41.8 Å². The lowest BCUT2D eigenvalue weighted by Gasteiger charge is -2.30. The minimum Gasteiger partial charge on any atom is -0.475 e. The quantitative estimate of drug-likeness (QED) is 0.367. The first-order valence-corrected chi connectivity index (χ1v) is 13.1. The summed E-state index contributed by atoms with van der Waals surface area (Å²) >= 11 is 6.39. The lowest BCUT2D eigenvalue weighted by Crippen LogP contribution is -2.35. The molecule has 0 amide bonds. The summed E-state index contributed by atoms with van der Waals surface area (Å²) in [6.07, 6.45) is -3.54. The van der Waals surface area contributed by atoms with Crippen molar-refractivity contribution in [1.29, 1.82) is 0 Å². The molecule has 0 unspecified atom stereocenters. The predicted octanol–water partition coefficient (Wildman–Crippen LogP) is 4.40. The molecule has 1 aliphatic rings. The maximum Gasteiger partial charge on any atom is 0.490 e. The van der Waals surface area contributed by atoms with E-state index in [-0.39, 0.29) is 21.4 Å². The number of aromatic nitrogens is 2. The zero-order valence-corrected chi connectivity index (χ0v) is 21.5. The molecule has 204 valence electrons. The van der Waals surface area contributed by atoms with Crippen LogP contribution in [0.5, 0.6) is 0 Å². The number of nitrogen functional groups attached to an aromatic ring is 1. The summed E-state index contributed by atoms with van der Waals surface area (Å²) < 4.78 is 61.4. The highest BCUT2D eigenvalue weighted by molar-refractivity contribution is 7.92. The predicted molar refractivity (Wildman–Crippen MR) is 140 cm³/mol. The van der Waals surface area contributed by atoms with E-state index in [2.05, 4.69) is 4.98 Å². The van der Waals surface area contributed by atoms with Crippen molar-refractivity contribution >= 4 is 50.0 Å². The van der Waals surface area contributed by atoms with Crippen molar-refractivity contribution in [2.24, 2.45) is 0 Å². The summed E-state index contributed by atoms with van der Waals surface area (Å²) in [7, 11) is -3.89. The molecular weight excluding hydrogens is 561 g/mol. The standard InChI is InChI=1S/C23H19ClN4O3S.C2HF3O2/c24-18-12-11-16(32(30,31)27-13-5-7-15-6-1-4-10-20(15)27)14-21(18)28-22(25)17-8-2-3-9-19(17)26-23(28)29;3-2(4,5)1(6)7/h1-4,6,8-12,14H,5,7,13,25H2;(H,6,7). The average molecular weight is 581 g/mol. The molecule has 14 heteroatoms. The van der Waals surface area contributed by atoms with Gasteiger partial charge in [-0.15, -0.1) is 0 Å². The Bertz CT molecular complexity index is 1740. The van der Waals surface area contributed by atoms with E-state index in [0.29, 0.717) is 23.1 Å². The number of aliphatic carboxylic acids is 1. The van der Waals surface area contributed by atoms with Crippen LogP contribution in [0.3, 0.4) is 0 Å². The number of para-hydroxylation sites is 2. The van der Waals surface area contributed by atoms with E-state index in [1.165, 1.54) is 22.5 Å². The zero-order chi connectivity index (χ0) is 28.5. The third-order valence-electron chi connectivity index (χ3n) is 5.88. The molecule has 0 atom stereocenters. The fraction of sp³-hybridized carbons (Fsp3) is 0.160. The first-order chi connectivity index (χ1) is 18.3. The number of sulfonamides is 1. The molecule has 39 heavy (non-hydrogen) atoms. The van der Waals surface area contributed by atoms with Crippen LogP contribution in [0, 0.1) is 0 Å². The second-order valence-corrected chi connectivity index (χ2v) is 10.6. The van der Waals surface area contributed by atoms with E-state index in [1.807, 2.05) is 18.2 Å². The van der Waals surface area contributed by atoms with Gasteiger partial charge in [-0.1, -0.05) is 41.9 Å². The normalized spacial score (nSPS) is 13.4. The molecule has 3 aromatic carbocycles. The second-order valence-electron chi connectivity index (χ2n) is 8.36. The Morgan fingerprint density at radius 1 is 1.03 bits per heavy atom. The SMILES string of the molecule is Nc1c2ccccc2nc(=O)n1-c1cc(S(=O)(=O)N2CCCc3ccccc32)ccc1Cl.O=C(O)C(F)(F)F. The molecule has 0 radical (unpaired) electrons. The van der Waals surface area contributed by atoms with Crippen LogP contribution in [0.2, 0.25) is 5.02 Å². The van der Waals surface area contributed by atoms with E-state index in [9.17, 15) is 26.4 Å². The van der Waals surface area contributed by atoms with Gasteiger partial charge in [-0.3, -0.25) is 4.31 Å². The van der Waals surface area contributed by atoms with Crippen molar-refractivity contribution in [3.05, 3.63) is 87.8 Å². The van der Waals surface area contributed by atoms with Gasteiger partial charge >= 0.3 is 17.8 Å². The number of nitrogens with two attached hydrogens (primary N) is 1. The zero-order valence-electron chi connectivity index (χ0n) is 19.9. The lowest BCUT2D eigenvalue weighted by atomic mass is 10.0. The number of nitrogens with zero attached hydrogens (tertiary/aromatic N) is 3. The molecule has 2 heterocycles. The Labute approximate surface area is 224 Å². The van der Waals surface area contributed by atoms with Gasteiger partial charge in [0.15, 0.2) is 0 Å². The number of hydrogen-bond donors (Lipinski definition) is 2. The Morgan fingerprint density at radius 3 is 2.36 bits per heavy atom. The van der Waals surface area contributed by atoms with E-state index < -0.39 is 27.9 Å². The molecule has 3 N–H and O–H groups in total. The number of carboxylic acids is 1. The maximum atomic E-state index is 13.6. The van der Waals surface area contributed by atoms with Crippen LogP contribution in [0.4, 0.5) is 24.7 Å². The van der Waals surface area contributed by atoms with Crippen LogP contribution in [0.1, 0.15) is 12.0 Å². The van der Waals surface area contributed by atoms with Crippen molar-refractivity contribution < 1.29 is 31.5 Å². The van der Waals surface area contributed by atoms with Gasteiger partial charge in [0.25, 0.3) is 10.0 Å². The van der Waals surface area contributed by atoms with Crippen molar-refractivity contribution in [1.82, 2.24) is 9.55 Å². The van der Waals surface area contributed by atoms with Crippen molar-refractivity contribution in [3.8, 4) is 5.69 Å². The summed E-state index contributed by atoms with van der Waals surface area (Å²) in [5.74, 6) is -2.62. The number of carboxylic acid groups (broad SMARTS) is 1. The van der Waals surface area contributed by atoms with Crippen LogP contribution >= 0.6 is 11.6 Å². The molecule has 4 aromatic rings. The molecule has 1 aliphatic heterocycles. The van der Waals surface area contributed by atoms with Gasteiger partial charge < -0.3 is 10.8 Å². The highest BCUT2D eigenvalue weighted by Gasteiger charge is 2.38. The summed E-state index contributed by atoms with van der Waals surface area (Å²) in [6.45, 7) is 0.372. The van der Waals surface area contributed by atoms with Crippen LogP contribution < -0.4 is 15.7 Å². The lowest BCUT2D eigenvalue weighted by molar-refractivity contribution is -0.192. The van der Waals surface area contributed by atoms with E-state index in [1.54, 1.807) is 30.3 Å². The molecule has 0 fully saturated rings. The Kier molecular flexibility index (Phi) is 7.57. The van der Waals surface area contributed by atoms with Gasteiger partial charge in [0.2, 0.25) is 0 Å². The second kappa shape index (κ2) is 10.6. The van der Waals surface area contributed by atoms with Gasteiger partial charge in [-0.25, -0.2) is 22.6 Å². The molecule has 0 aliphatic carbocycles. The summed E-state index contributed by atoms with van der Waals surface area (Å²) in [5, 5.41) is 7.88. The highest BCUT2D eigenvalue weighted by Crippen LogP contribution is 2.34. The van der Waals surface area contributed by atoms with Crippen LogP contribution in [-0.2, 0) is 21.2 Å². The third kappa shape index (κ3) is 5.54. The smallest absolute Gasteiger partial charge is 0.475 e. The monoisotopic (exact) mass is 580 g/mol. The molecule has 0 saturated carbocycles. The van der Waals surface area contributed by atoms with Gasteiger partial charge in [0.1, 0.15) is 5.82 Å². The maximum absolute atomic E-state index is 13.6. The van der Waals surface area contributed by atoms with Gasteiger partial charge in [-0.05, 0) is 54.8 Å². The Morgan fingerprint density at radius 2 is 1.67 bits per heavy atom. The molecule has 0 bridgehead atoms. The van der Waals surface area contributed by atoms with Gasteiger partial charge in [0.05, 0.1) is 26.8 Å². The third-order valence-corrected chi connectivity index (χ3v) is 8.01. The van der Waals surface area contributed by atoms with Crippen molar-refractivity contribution in [3.63, 3.8) is 0 Å². The number of hydrogen-bond acceptors (Lipinski definition) is 6. The molecule has 0 spiro atoms. The molecule has 1 aromatic heterocycles. The Balaban J connectivity index is 0.000000448. The van der Waals surface area contributed by atoms with Crippen LogP contribution in [0.25, 0.3) is 16.6 Å². The highest BCUT2D eigenvalue weighted by atomic mass is 35.5. The Hall–Kier alpha value is -4.10. The largest absolute Gasteiger partial charge is 0.490 e. The number of carbonyl (C=O) groups is 1. The van der Waals surface area contributed by atoms with Crippen molar-refractivity contribution in [2.75, 3.05) is 16.6 Å². The van der Waals surface area contributed by atoms with Crippen molar-refractivity contribution in [2.45, 2.75) is 23.9 Å². The molecule has 9 nitrogen and oxygen atoms in total. The number of aryl methyl sites for hydroxylation is 1. The van der Waals surface area contributed by atoms with Gasteiger partial charge in [0, 0.05) is 11.9 Å². The topological polar surface area (TPSA) is 136 Å². The average Bonchev–Trinajstić information content (AvgIpc) is 2.89. The first kappa shape index (κ1) is 27.9. The fourth-order valence-electron chi connectivity index (χ4n) is 4.10. The number of fused-ring (bicyclic) bond motifs is 2. The summed E-state index contributed by atoms with van der Waals surface area (Å²) in [4.78, 5) is 25.8. The van der Waals surface area contributed by atoms with E-state index in [0.717, 1.165) is 23.0 Å². The minimum absolute atomic E-state index is 0.0214. The van der Waals surface area contributed by atoms with E-state index >= 15 is 0 Å². The summed E-state index contributed by atoms with van der Waals surface area (Å²) in [5.41, 5.74) is 7.92. The number of anilines is 2.